The maximum Gasteiger partial charge on any atom is 0.220 e. The summed E-state index contributed by atoms with van der Waals surface area (Å²) < 4.78 is 0. The molecule has 2 heteroatoms. The summed E-state index contributed by atoms with van der Waals surface area (Å²) in [6.07, 6.45) is 8.30. The summed E-state index contributed by atoms with van der Waals surface area (Å²) in [7, 11) is 0. The van der Waals surface area contributed by atoms with Crippen molar-refractivity contribution in [1.82, 2.24) is 5.32 Å². The molecule has 0 radical (unpaired) electrons. The lowest BCUT2D eigenvalue weighted by atomic mass is 9.84. The SMILES string of the molecule is CCCC(=O)N[C@@H](C)C1CCCCC1. The summed E-state index contributed by atoms with van der Waals surface area (Å²) in [5.74, 6) is 0.954. The lowest BCUT2D eigenvalue weighted by Gasteiger charge is -2.28. The third kappa shape index (κ3) is 3.69. The zero-order valence-corrected chi connectivity index (χ0v) is 9.51. The predicted molar refractivity (Wildman–Crippen MR) is 59.1 cm³/mol. The number of hydrogen-bond acceptors (Lipinski definition) is 1. The van der Waals surface area contributed by atoms with Gasteiger partial charge in [0.15, 0.2) is 0 Å². The van der Waals surface area contributed by atoms with E-state index in [-0.39, 0.29) is 5.91 Å². The highest BCUT2D eigenvalue weighted by Crippen LogP contribution is 2.26. The Labute approximate surface area is 87.5 Å². The lowest BCUT2D eigenvalue weighted by Crippen LogP contribution is -2.38. The van der Waals surface area contributed by atoms with Crippen molar-refractivity contribution in [2.75, 3.05) is 0 Å². The van der Waals surface area contributed by atoms with Gasteiger partial charge in [-0.2, -0.15) is 0 Å². The molecule has 0 bridgehead atoms. The van der Waals surface area contributed by atoms with E-state index in [1.165, 1.54) is 32.1 Å². The van der Waals surface area contributed by atoms with Crippen LogP contribution < -0.4 is 5.32 Å². The van der Waals surface area contributed by atoms with Gasteiger partial charge in [-0.1, -0.05) is 26.2 Å². The Morgan fingerprint density at radius 2 is 2.00 bits per heavy atom. The summed E-state index contributed by atoms with van der Waals surface area (Å²) in [5.41, 5.74) is 0. The third-order valence-corrected chi connectivity index (χ3v) is 3.22. The topological polar surface area (TPSA) is 29.1 Å². The van der Waals surface area contributed by atoms with Gasteiger partial charge in [0.25, 0.3) is 0 Å². The van der Waals surface area contributed by atoms with Crippen LogP contribution in [0, 0.1) is 5.92 Å². The number of carbonyl (C=O) groups is 1. The highest BCUT2D eigenvalue weighted by atomic mass is 16.1. The number of carbonyl (C=O) groups excluding carboxylic acids is 1. The number of hydrogen-bond donors (Lipinski definition) is 1. The predicted octanol–water partition coefficient (Wildman–Crippen LogP) is 2.87. The van der Waals surface area contributed by atoms with Gasteiger partial charge in [-0.15, -0.1) is 0 Å². The van der Waals surface area contributed by atoms with E-state index in [4.69, 9.17) is 0 Å². The first kappa shape index (κ1) is 11.5. The molecule has 1 atom stereocenters. The summed E-state index contributed by atoms with van der Waals surface area (Å²) in [6.45, 7) is 4.20. The second kappa shape index (κ2) is 6.05. The first-order valence-electron chi connectivity index (χ1n) is 6.03. The quantitative estimate of drug-likeness (QED) is 0.737. The molecule has 14 heavy (non-hydrogen) atoms. The molecule has 0 aromatic rings. The Hall–Kier alpha value is -0.530. The summed E-state index contributed by atoms with van der Waals surface area (Å²) in [6, 6.07) is 0.384. The minimum atomic E-state index is 0.227. The second-order valence-corrected chi connectivity index (χ2v) is 4.50. The fourth-order valence-electron chi connectivity index (χ4n) is 2.31. The van der Waals surface area contributed by atoms with Gasteiger partial charge in [-0.25, -0.2) is 0 Å². The Morgan fingerprint density at radius 3 is 2.57 bits per heavy atom. The molecule has 0 heterocycles. The standard InChI is InChI=1S/C12H23NO/c1-3-7-12(14)13-10(2)11-8-5-4-6-9-11/h10-11H,3-9H2,1-2H3,(H,13,14)/t10-/m0/s1. The van der Waals surface area contributed by atoms with Gasteiger partial charge in [0.2, 0.25) is 5.91 Å². The van der Waals surface area contributed by atoms with Gasteiger partial charge in [-0.3, -0.25) is 4.79 Å². The third-order valence-electron chi connectivity index (χ3n) is 3.22. The molecule has 1 amide bonds. The molecule has 0 unspecified atom stereocenters. The molecule has 0 saturated heterocycles. The van der Waals surface area contributed by atoms with Crippen LogP contribution in [-0.4, -0.2) is 11.9 Å². The average Bonchev–Trinajstić information content (AvgIpc) is 2.19. The molecule has 1 fully saturated rings. The van der Waals surface area contributed by atoms with Crippen molar-refractivity contribution in [3.63, 3.8) is 0 Å². The van der Waals surface area contributed by atoms with E-state index in [9.17, 15) is 4.79 Å². The molecule has 0 aliphatic heterocycles. The van der Waals surface area contributed by atoms with Gasteiger partial charge in [0.1, 0.15) is 0 Å². The van der Waals surface area contributed by atoms with E-state index in [2.05, 4.69) is 12.2 Å². The van der Waals surface area contributed by atoms with E-state index < -0.39 is 0 Å². The normalized spacial score (nSPS) is 20.4. The Morgan fingerprint density at radius 1 is 1.36 bits per heavy atom. The Kier molecular flexibility index (Phi) is 4.99. The van der Waals surface area contributed by atoms with Crippen LogP contribution in [0.2, 0.25) is 0 Å². The van der Waals surface area contributed by atoms with Crippen molar-refractivity contribution < 1.29 is 4.79 Å². The minimum Gasteiger partial charge on any atom is -0.353 e. The molecule has 0 aromatic carbocycles. The van der Waals surface area contributed by atoms with Crippen molar-refractivity contribution in [1.29, 1.82) is 0 Å². The van der Waals surface area contributed by atoms with Gasteiger partial charge in [-0.05, 0) is 32.1 Å². The molecule has 0 spiro atoms. The van der Waals surface area contributed by atoms with Crippen LogP contribution in [-0.2, 0) is 4.79 Å². The van der Waals surface area contributed by atoms with Crippen molar-refractivity contribution in [2.24, 2.45) is 5.92 Å². The number of nitrogens with one attached hydrogen (secondary N) is 1. The Balaban J connectivity index is 2.25. The fraction of sp³-hybridized carbons (Fsp3) is 0.917. The first-order chi connectivity index (χ1) is 6.74. The molecule has 1 aliphatic carbocycles. The molecular weight excluding hydrogens is 174 g/mol. The van der Waals surface area contributed by atoms with Crippen molar-refractivity contribution >= 4 is 5.91 Å². The van der Waals surface area contributed by atoms with Crippen LogP contribution in [0.5, 0.6) is 0 Å². The number of amides is 1. The largest absolute Gasteiger partial charge is 0.353 e. The summed E-state index contributed by atoms with van der Waals surface area (Å²) in [4.78, 5) is 11.4. The van der Waals surface area contributed by atoms with Crippen LogP contribution in [0.1, 0.15) is 58.8 Å². The maximum absolute atomic E-state index is 11.4. The first-order valence-corrected chi connectivity index (χ1v) is 6.03. The molecule has 1 N–H and O–H groups in total. The fourth-order valence-corrected chi connectivity index (χ4v) is 2.31. The average molecular weight is 197 g/mol. The molecule has 1 aliphatic rings. The maximum atomic E-state index is 11.4. The van der Waals surface area contributed by atoms with Gasteiger partial charge in [0.05, 0.1) is 0 Å². The summed E-state index contributed by atoms with van der Waals surface area (Å²) >= 11 is 0. The van der Waals surface area contributed by atoms with Gasteiger partial charge < -0.3 is 5.32 Å². The molecular formula is C12H23NO. The van der Waals surface area contributed by atoms with Crippen LogP contribution >= 0.6 is 0 Å². The van der Waals surface area contributed by atoms with Crippen LogP contribution in [0.4, 0.5) is 0 Å². The summed E-state index contributed by atoms with van der Waals surface area (Å²) in [5, 5.41) is 3.11. The monoisotopic (exact) mass is 197 g/mol. The second-order valence-electron chi connectivity index (χ2n) is 4.50. The zero-order valence-electron chi connectivity index (χ0n) is 9.51. The van der Waals surface area contributed by atoms with E-state index >= 15 is 0 Å². The molecule has 2 nitrogen and oxygen atoms in total. The number of rotatable bonds is 4. The van der Waals surface area contributed by atoms with Crippen molar-refractivity contribution in [3.8, 4) is 0 Å². The van der Waals surface area contributed by atoms with E-state index in [1.807, 2.05) is 6.92 Å². The smallest absolute Gasteiger partial charge is 0.220 e. The molecule has 1 saturated carbocycles. The molecule has 82 valence electrons. The van der Waals surface area contributed by atoms with Crippen molar-refractivity contribution in [2.45, 2.75) is 64.8 Å². The highest BCUT2D eigenvalue weighted by molar-refractivity contribution is 5.76. The lowest BCUT2D eigenvalue weighted by molar-refractivity contribution is -0.122. The van der Waals surface area contributed by atoms with E-state index in [0.29, 0.717) is 12.5 Å². The highest BCUT2D eigenvalue weighted by Gasteiger charge is 2.20. The molecule has 0 aromatic heterocycles. The van der Waals surface area contributed by atoms with E-state index in [1.54, 1.807) is 0 Å². The van der Waals surface area contributed by atoms with Crippen LogP contribution in [0.3, 0.4) is 0 Å². The van der Waals surface area contributed by atoms with Crippen molar-refractivity contribution in [3.05, 3.63) is 0 Å². The minimum absolute atomic E-state index is 0.227. The van der Waals surface area contributed by atoms with Crippen LogP contribution in [0.25, 0.3) is 0 Å². The van der Waals surface area contributed by atoms with Gasteiger partial charge >= 0.3 is 0 Å². The van der Waals surface area contributed by atoms with Crippen LogP contribution in [0.15, 0.2) is 0 Å². The molecule has 1 rings (SSSR count). The van der Waals surface area contributed by atoms with Gasteiger partial charge in [0, 0.05) is 12.5 Å². The van der Waals surface area contributed by atoms with E-state index in [0.717, 1.165) is 12.3 Å². The zero-order chi connectivity index (χ0) is 10.4. The Bertz CT molecular complexity index is 173.